The number of carbonyl (C=O) groups excluding carboxylic acids is 1. The van der Waals surface area contributed by atoms with Gasteiger partial charge in [-0.05, 0) is 38.1 Å². The molecule has 1 N–H and O–H groups in total. The maximum atomic E-state index is 13.8. The van der Waals surface area contributed by atoms with E-state index < -0.39 is 11.7 Å². The molecule has 5 heteroatoms. The summed E-state index contributed by atoms with van der Waals surface area (Å²) in [5.74, 6) is -0.327. The van der Waals surface area contributed by atoms with Crippen molar-refractivity contribution in [3.8, 4) is 5.75 Å². The van der Waals surface area contributed by atoms with Gasteiger partial charge in [-0.1, -0.05) is 33.6 Å². The molecule has 0 saturated carbocycles. The minimum absolute atomic E-state index is 0.00726. The first-order valence-electron chi connectivity index (χ1n) is 6.83. The molecule has 1 unspecified atom stereocenters. The summed E-state index contributed by atoms with van der Waals surface area (Å²) in [6.07, 6.45) is 0. The molecule has 0 aromatic heterocycles. The number of rotatable bonds is 4. The van der Waals surface area contributed by atoms with Crippen molar-refractivity contribution in [3.63, 3.8) is 0 Å². The highest BCUT2D eigenvalue weighted by molar-refractivity contribution is 9.10. The molecule has 2 aromatic rings. The van der Waals surface area contributed by atoms with Crippen LogP contribution in [0.5, 0.6) is 5.75 Å². The maximum Gasteiger partial charge on any atom is 0.254 e. The standard InChI is InChI=1S/C17H17BrFNO2/c1-10-4-7-16(22-3)13(8-10)11(2)20-17(21)14-9-12(18)5-6-15(14)19/h4-9,11H,1-3H3,(H,20,21). The molecule has 1 atom stereocenters. The molecule has 0 aliphatic carbocycles. The minimum atomic E-state index is -0.552. The summed E-state index contributed by atoms with van der Waals surface area (Å²) in [5, 5.41) is 2.80. The molecule has 1 amide bonds. The van der Waals surface area contributed by atoms with Gasteiger partial charge in [0.15, 0.2) is 0 Å². The minimum Gasteiger partial charge on any atom is -0.496 e. The Morgan fingerprint density at radius 2 is 2.00 bits per heavy atom. The van der Waals surface area contributed by atoms with Gasteiger partial charge < -0.3 is 10.1 Å². The highest BCUT2D eigenvalue weighted by Gasteiger charge is 2.18. The number of benzene rings is 2. The third-order valence-electron chi connectivity index (χ3n) is 3.37. The third kappa shape index (κ3) is 3.65. The lowest BCUT2D eigenvalue weighted by molar-refractivity contribution is 0.0935. The predicted molar refractivity (Wildman–Crippen MR) is 87.7 cm³/mol. The van der Waals surface area contributed by atoms with Gasteiger partial charge in [0, 0.05) is 10.0 Å². The van der Waals surface area contributed by atoms with Gasteiger partial charge in [0.05, 0.1) is 18.7 Å². The van der Waals surface area contributed by atoms with E-state index in [0.717, 1.165) is 11.1 Å². The monoisotopic (exact) mass is 365 g/mol. The highest BCUT2D eigenvalue weighted by Crippen LogP contribution is 2.26. The molecule has 0 aliphatic heterocycles. The number of hydrogen-bond donors (Lipinski definition) is 1. The van der Waals surface area contributed by atoms with Crippen LogP contribution in [-0.2, 0) is 0 Å². The van der Waals surface area contributed by atoms with E-state index in [-0.39, 0.29) is 11.6 Å². The van der Waals surface area contributed by atoms with Gasteiger partial charge in [0.2, 0.25) is 0 Å². The summed E-state index contributed by atoms with van der Waals surface area (Å²) < 4.78 is 19.7. The predicted octanol–water partition coefficient (Wildman–Crippen LogP) is 4.40. The van der Waals surface area contributed by atoms with Gasteiger partial charge in [0.25, 0.3) is 5.91 Å². The number of amides is 1. The van der Waals surface area contributed by atoms with Crippen molar-refractivity contribution < 1.29 is 13.9 Å². The second kappa shape index (κ2) is 6.92. The van der Waals surface area contributed by atoms with Crippen LogP contribution in [0, 0.1) is 12.7 Å². The summed E-state index contributed by atoms with van der Waals surface area (Å²) in [5.41, 5.74) is 1.92. The average Bonchev–Trinajstić information content (AvgIpc) is 2.49. The Hall–Kier alpha value is -1.88. The Morgan fingerprint density at radius 3 is 2.68 bits per heavy atom. The molecule has 116 valence electrons. The smallest absolute Gasteiger partial charge is 0.254 e. The summed E-state index contributed by atoms with van der Waals surface area (Å²) >= 11 is 3.24. The largest absolute Gasteiger partial charge is 0.496 e. The van der Waals surface area contributed by atoms with Crippen LogP contribution in [-0.4, -0.2) is 13.0 Å². The van der Waals surface area contributed by atoms with Crippen LogP contribution >= 0.6 is 15.9 Å². The van der Waals surface area contributed by atoms with Crippen molar-refractivity contribution >= 4 is 21.8 Å². The molecule has 0 heterocycles. The Bertz CT molecular complexity index is 703. The topological polar surface area (TPSA) is 38.3 Å². The number of carbonyl (C=O) groups is 1. The summed E-state index contributed by atoms with van der Waals surface area (Å²) in [7, 11) is 1.58. The Kier molecular flexibility index (Phi) is 5.19. The fourth-order valence-electron chi connectivity index (χ4n) is 2.22. The molecule has 22 heavy (non-hydrogen) atoms. The number of ether oxygens (including phenoxy) is 1. The molecule has 0 radical (unpaired) electrons. The molecule has 0 fully saturated rings. The van der Waals surface area contributed by atoms with Crippen molar-refractivity contribution in [2.75, 3.05) is 7.11 Å². The fourth-order valence-corrected chi connectivity index (χ4v) is 2.58. The lowest BCUT2D eigenvalue weighted by Crippen LogP contribution is -2.27. The maximum absolute atomic E-state index is 13.8. The Balaban J connectivity index is 2.25. The second-order valence-corrected chi connectivity index (χ2v) is 5.98. The van der Waals surface area contributed by atoms with Crippen molar-refractivity contribution in [2.45, 2.75) is 19.9 Å². The van der Waals surface area contributed by atoms with Crippen LogP contribution in [0.15, 0.2) is 40.9 Å². The number of nitrogens with one attached hydrogen (secondary N) is 1. The summed E-state index contributed by atoms with van der Waals surface area (Å²) in [6, 6.07) is 9.71. The first kappa shape index (κ1) is 16.5. The zero-order valence-electron chi connectivity index (χ0n) is 12.6. The zero-order chi connectivity index (χ0) is 16.3. The fraction of sp³-hybridized carbons (Fsp3) is 0.235. The van der Waals surface area contributed by atoms with Crippen LogP contribution in [0.3, 0.4) is 0 Å². The van der Waals surface area contributed by atoms with Gasteiger partial charge in [-0.25, -0.2) is 4.39 Å². The zero-order valence-corrected chi connectivity index (χ0v) is 14.2. The number of aryl methyl sites for hydroxylation is 1. The third-order valence-corrected chi connectivity index (χ3v) is 3.87. The average molecular weight is 366 g/mol. The molecular formula is C17H17BrFNO2. The molecule has 0 bridgehead atoms. The van der Waals surface area contributed by atoms with Crippen molar-refractivity contribution in [3.05, 3.63) is 63.4 Å². The number of methoxy groups -OCH3 is 1. The van der Waals surface area contributed by atoms with Crippen LogP contribution in [0.1, 0.15) is 34.5 Å². The first-order valence-corrected chi connectivity index (χ1v) is 7.62. The van der Waals surface area contributed by atoms with Crippen molar-refractivity contribution in [1.82, 2.24) is 5.32 Å². The van der Waals surface area contributed by atoms with E-state index in [0.29, 0.717) is 10.2 Å². The van der Waals surface area contributed by atoms with E-state index >= 15 is 0 Å². The molecule has 0 aliphatic rings. The van der Waals surface area contributed by atoms with Gasteiger partial charge in [0.1, 0.15) is 11.6 Å². The van der Waals surface area contributed by atoms with E-state index in [4.69, 9.17) is 4.74 Å². The molecule has 0 spiro atoms. The highest BCUT2D eigenvalue weighted by atomic mass is 79.9. The van der Waals surface area contributed by atoms with E-state index in [2.05, 4.69) is 21.2 Å². The first-order chi connectivity index (χ1) is 10.4. The number of halogens is 2. The lowest BCUT2D eigenvalue weighted by Gasteiger charge is -2.18. The normalized spacial score (nSPS) is 11.9. The molecular weight excluding hydrogens is 349 g/mol. The Morgan fingerprint density at radius 1 is 1.27 bits per heavy atom. The van der Waals surface area contributed by atoms with E-state index in [9.17, 15) is 9.18 Å². The van der Waals surface area contributed by atoms with E-state index in [1.807, 2.05) is 32.0 Å². The Labute approximate surface area is 137 Å². The summed E-state index contributed by atoms with van der Waals surface area (Å²) in [4.78, 5) is 12.3. The molecule has 0 saturated heterocycles. The van der Waals surface area contributed by atoms with Gasteiger partial charge in [-0.15, -0.1) is 0 Å². The molecule has 2 rings (SSSR count). The van der Waals surface area contributed by atoms with Crippen molar-refractivity contribution in [1.29, 1.82) is 0 Å². The van der Waals surface area contributed by atoms with Crippen LogP contribution in [0.25, 0.3) is 0 Å². The number of hydrogen-bond acceptors (Lipinski definition) is 2. The van der Waals surface area contributed by atoms with Crippen LogP contribution < -0.4 is 10.1 Å². The quantitative estimate of drug-likeness (QED) is 0.871. The van der Waals surface area contributed by atoms with Gasteiger partial charge in [-0.2, -0.15) is 0 Å². The van der Waals surface area contributed by atoms with Gasteiger partial charge in [-0.3, -0.25) is 4.79 Å². The van der Waals surface area contributed by atoms with Gasteiger partial charge >= 0.3 is 0 Å². The van der Waals surface area contributed by atoms with Crippen LogP contribution in [0.2, 0.25) is 0 Å². The van der Waals surface area contributed by atoms with Crippen molar-refractivity contribution in [2.24, 2.45) is 0 Å². The van der Waals surface area contributed by atoms with Crippen LogP contribution in [0.4, 0.5) is 4.39 Å². The molecule has 2 aromatic carbocycles. The SMILES string of the molecule is COc1ccc(C)cc1C(C)NC(=O)c1cc(Br)ccc1F. The molecule has 3 nitrogen and oxygen atoms in total. The lowest BCUT2D eigenvalue weighted by atomic mass is 10.0. The second-order valence-electron chi connectivity index (χ2n) is 5.06. The summed E-state index contributed by atoms with van der Waals surface area (Å²) in [6.45, 7) is 3.80. The van der Waals surface area contributed by atoms with E-state index in [1.54, 1.807) is 13.2 Å². The van der Waals surface area contributed by atoms with E-state index in [1.165, 1.54) is 12.1 Å².